The van der Waals surface area contributed by atoms with Crippen molar-refractivity contribution in [2.45, 2.75) is 26.3 Å². The second-order valence-electron chi connectivity index (χ2n) is 4.53. The van der Waals surface area contributed by atoms with Crippen molar-refractivity contribution in [1.29, 1.82) is 0 Å². The third-order valence-electron chi connectivity index (χ3n) is 2.84. The molecule has 7 heteroatoms. The molecule has 0 aliphatic rings. The van der Waals surface area contributed by atoms with Crippen LogP contribution in [0.4, 0.5) is 0 Å². The van der Waals surface area contributed by atoms with E-state index < -0.39 is 23.4 Å². The van der Waals surface area contributed by atoms with E-state index in [2.05, 4.69) is 27.9 Å². The smallest absolute Gasteiger partial charge is 0.343 e. The summed E-state index contributed by atoms with van der Waals surface area (Å²) in [6, 6.07) is 6.71. The molecule has 1 N–H and O–H groups in total. The zero-order chi connectivity index (χ0) is 16.8. The molecule has 22 heavy (non-hydrogen) atoms. The van der Waals surface area contributed by atoms with Crippen LogP contribution >= 0.6 is 22.6 Å². The summed E-state index contributed by atoms with van der Waals surface area (Å²) in [6.07, 6.45) is 0. The molecule has 120 valence electrons. The van der Waals surface area contributed by atoms with Gasteiger partial charge < -0.3 is 14.8 Å². The van der Waals surface area contributed by atoms with Gasteiger partial charge >= 0.3 is 11.9 Å². The normalized spacial score (nSPS) is 10.7. The van der Waals surface area contributed by atoms with Crippen molar-refractivity contribution < 1.29 is 23.9 Å². The van der Waals surface area contributed by atoms with E-state index in [9.17, 15) is 14.4 Å². The van der Waals surface area contributed by atoms with E-state index in [-0.39, 0.29) is 13.2 Å². The fourth-order valence-electron chi connectivity index (χ4n) is 1.64. The molecule has 1 aromatic rings. The zero-order valence-electron chi connectivity index (χ0n) is 12.6. The summed E-state index contributed by atoms with van der Waals surface area (Å²) in [5.41, 5.74) is -1.55. The number of nitrogens with one attached hydrogen (secondary N) is 1. The van der Waals surface area contributed by atoms with E-state index in [4.69, 9.17) is 9.47 Å². The van der Waals surface area contributed by atoms with Crippen LogP contribution < -0.4 is 5.32 Å². The van der Waals surface area contributed by atoms with Crippen LogP contribution in [0.3, 0.4) is 0 Å². The highest BCUT2D eigenvalue weighted by Crippen LogP contribution is 2.13. The number of carbonyl (C=O) groups is 3. The minimum Gasteiger partial charge on any atom is -0.464 e. The summed E-state index contributed by atoms with van der Waals surface area (Å²) in [4.78, 5) is 36.4. The molecule has 0 fully saturated rings. The van der Waals surface area contributed by atoms with Crippen molar-refractivity contribution in [2.75, 3.05) is 13.2 Å². The number of carbonyl (C=O) groups excluding carboxylic acids is 3. The minimum absolute atomic E-state index is 0.0905. The summed E-state index contributed by atoms with van der Waals surface area (Å²) in [5.74, 6) is -2.26. The standard InChI is InChI=1S/C15H18INO5/c1-4-21-13(19)15(3,14(20)22-5-2)17-12(18)10-6-8-11(16)9-7-10/h6-9H,4-5H2,1-3H3,(H,17,18). The number of hydrogen-bond acceptors (Lipinski definition) is 5. The molecule has 1 amide bonds. The summed E-state index contributed by atoms with van der Waals surface area (Å²) in [5, 5.41) is 2.41. The highest BCUT2D eigenvalue weighted by molar-refractivity contribution is 14.1. The van der Waals surface area contributed by atoms with Crippen molar-refractivity contribution >= 4 is 40.4 Å². The molecule has 0 aliphatic heterocycles. The lowest BCUT2D eigenvalue weighted by molar-refractivity contribution is -0.164. The quantitative estimate of drug-likeness (QED) is 0.433. The van der Waals surface area contributed by atoms with Gasteiger partial charge in [0.05, 0.1) is 13.2 Å². The number of esters is 2. The first-order chi connectivity index (χ1) is 10.3. The Morgan fingerprint density at radius 2 is 1.50 bits per heavy atom. The van der Waals surface area contributed by atoms with Crippen LogP contribution in [0.15, 0.2) is 24.3 Å². The monoisotopic (exact) mass is 419 g/mol. The van der Waals surface area contributed by atoms with Gasteiger partial charge in [0, 0.05) is 9.13 Å². The van der Waals surface area contributed by atoms with Gasteiger partial charge in [-0.05, 0) is 67.6 Å². The van der Waals surface area contributed by atoms with Crippen molar-refractivity contribution in [3.63, 3.8) is 0 Å². The van der Waals surface area contributed by atoms with E-state index in [1.807, 2.05) is 0 Å². The van der Waals surface area contributed by atoms with Crippen LogP contribution in [0.2, 0.25) is 0 Å². The van der Waals surface area contributed by atoms with E-state index in [0.717, 1.165) is 3.57 Å². The number of benzene rings is 1. The Kier molecular flexibility index (Phi) is 6.79. The van der Waals surface area contributed by atoms with Gasteiger partial charge in [-0.15, -0.1) is 0 Å². The Hall–Kier alpha value is -1.64. The van der Waals surface area contributed by atoms with Crippen LogP contribution in [0.25, 0.3) is 0 Å². The minimum atomic E-state index is -1.88. The van der Waals surface area contributed by atoms with Gasteiger partial charge in [-0.25, -0.2) is 9.59 Å². The van der Waals surface area contributed by atoms with Gasteiger partial charge in [0.2, 0.25) is 5.54 Å². The number of amides is 1. The van der Waals surface area contributed by atoms with Crippen molar-refractivity contribution in [3.8, 4) is 0 Å². The first-order valence-corrected chi connectivity index (χ1v) is 7.85. The topological polar surface area (TPSA) is 81.7 Å². The first kappa shape index (κ1) is 18.4. The molecule has 1 aromatic carbocycles. The highest BCUT2D eigenvalue weighted by Gasteiger charge is 2.46. The molecule has 0 radical (unpaired) electrons. The molecule has 0 aliphatic carbocycles. The number of halogens is 1. The molecule has 0 bridgehead atoms. The summed E-state index contributed by atoms with van der Waals surface area (Å²) >= 11 is 2.11. The fraction of sp³-hybridized carbons (Fsp3) is 0.400. The van der Waals surface area contributed by atoms with E-state index in [1.54, 1.807) is 38.1 Å². The zero-order valence-corrected chi connectivity index (χ0v) is 14.8. The Bertz CT molecular complexity index is 538. The molecule has 0 atom stereocenters. The summed E-state index contributed by atoms with van der Waals surface area (Å²) in [7, 11) is 0. The molecule has 0 heterocycles. The Balaban J connectivity index is 3.01. The lowest BCUT2D eigenvalue weighted by atomic mass is 10.0. The van der Waals surface area contributed by atoms with Crippen LogP contribution in [0.5, 0.6) is 0 Å². The molecule has 0 aromatic heterocycles. The molecule has 1 rings (SSSR count). The lowest BCUT2D eigenvalue weighted by Crippen LogP contribution is -2.59. The second kappa shape index (κ2) is 8.11. The van der Waals surface area contributed by atoms with Crippen LogP contribution in [-0.2, 0) is 19.1 Å². The average molecular weight is 419 g/mol. The van der Waals surface area contributed by atoms with Crippen molar-refractivity contribution in [1.82, 2.24) is 5.32 Å². The van der Waals surface area contributed by atoms with Crippen molar-refractivity contribution in [3.05, 3.63) is 33.4 Å². The molecular formula is C15H18INO5. The summed E-state index contributed by atoms with van der Waals surface area (Å²) in [6.45, 7) is 4.68. The third kappa shape index (κ3) is 4.43. The van der Waals surface area contributed by atoms with E-state index >= 15 is 0 Å². The van der Waals surface area contributed by atoms with Crippen LogP contribution in [0, 0.1) is 3.57 Å². The first-order valence-electron chi connectivity index (χ1n) is 6.77. The second-order valence-corrected chi connectivity index (χ2v) is 5.77. The Morgan fingerprint density at radius 1 is 1.05 bits per heavy atom. The highest BCUT2D eigenvalue weighted by atomic mass is 127. The predicted molar refractivity (Wildman–Crippen MR) is 88.3 cm³/mol. The average Bonchev–Trinajstić information content (AvgIpc) is 2.48. The molecule has 0 unspecified atom stereocenters. The molecule has 0 saturated heterocycles. The maximum atomic E-state index is 12.3. The maximum absolute atomic E-state index is 12.3. The number of ether oxygens (including phenoxy) is 2. The predicted octanol–water partition coefficient (Wildman–Crippen LogP) is 1.91. The van der Waals surface area contributed by atoms with Gasteiger partial charge in [0.25, 0.3) is 5.91 Å². The van der Waals surface area contributed by atoms with Gasteiger partial charge in [-0.3, -0.25) is 4.79 Å². The number of rotatable bonds is 6. The van der Waals surface area contributed by atoms with Crippen LogP contribution in [-0.4, -0.2) is 36.6 Å². The molecule has 0 spiro atoms. The third-order valence-corrected chi connectivity index (χ3v) is 3.56. The molecule has 0 saturated carbocycles. The Morgan fingerprint density at radius 3 is 1.91 bits per heavy atom. The van der Waals surface area contributed by atoms with Crippen LogP contribution in [0.1, 0.15) is 31.1 Å². The van der Waals surface area contributed by atoms with E-state index in [1.165, 1.54) is 6.92 Å². The van der Waals surface area contributed by atoms with Gasteiger partial charge in [-0.2, -0.15) is 0 Å². The summed E-state index contributed by atoms with van der Waals surface area (Å²) < 4.78 is 10.7. The fourth-order valence-corrected chi connectivity index (χ4v) is 2.00. The SMILES string of the molecule is CCOC(=O)C(C)(NC(=O)c1ccc(I)cc1)C(=O)OCC. The number of hydrogen-bond donors (Lipinski definition) is 1. The maximum Gasteiger partial charge on any atom is 0.343 e. The Labute approximate surface area is 142 Å². The van der Waals surface area contributed by atoms with Crippen molar-refractivity contribution in [2.24, 2.45) is 0 Å². The molecular weight excluding hydrogens is 401 g/mol. The van der Waals surface area contributed by atoms with E-state index in [0.29, 0.717) is 5.56 Å². The molecule has 6 nitrogen and oxygen atoms in total. The van der Waals surface area contributed by atoms with Gasteiger partial charge in [0.1, 0.15) is 0 Å². The lowest BCUT2D eigenvalue weighted by Gasteiger charge is -2.26. The largest absolute Gasteiger partial charge is 0.464 e. The van der Waals surface area contributed by atoms with Gasteiger partial charge in [0.15, 0.2) is 0 Å². The van der Waals surface area contributed by atoms with Gasteiger partial charge in [-0.1, -0.05) is 0 Å².